The number of aryl methyl sites for hydroxylation is 1. The second kappa shape index (κ2) is 9.02. The molecule has 0 saturated carbocycles. The summed E-state index contributed by atoms with van der Waals surface area (Å²) in [4.78, 5) is 5.02. The molecule has 0 aliphatic carbocycles. The van der Waals surface area contributed by atoms with Crippen LogP contribution in [0, 0.1) is 6.92 Å². The molecule has 30 heavy (non-hydrogen) atoms. The zero-order chi connectivity index (χ0) is 21.1. The first-order valence-corrected chi connectivity index (χ1v) is 10.9. The first-order chi connectivity index (χ1) is 14.5. The van der Waals surface area contributed by atoms with Gasteiger partial charge < -0.3 is 9.84 Å². The quantitative estimate of drug-likeness (QED) is 0.480. The van der Waals surface area contributed by atoms with Crippen molar-refractivity contribution in [2.45, 2.75) is 32.5 Å². The number of halogens is 1. The largest absolute Gasteiger partial charge is 0.504 e. The van der Waals surface area contributed by atoms with Gasteiger partial charge >= 0.3 is 0 Å². The van der Waals surface area contributed by atoms with Crippen LogP contribution in [0.15, 0.2) is 76.2 Å². The van der Waals surface area contributed by atoms with Gasteiger partial charge in [0.25, 0.3) is 0 Å². The van der Waals surface area contributed by atoms with Gasteiger partial charge in [0.1, 0.15) is 6.17 Å². The summed E-state index contributed by atoms with van der Waals surface area (Å²) in [5.41, 5.74) is 5.23. The van der Waals surface area contributed by atoms with E-state index in [-0.39, 0.29) is 18.0 Å². The van der Waals surface area contributed by atoms with Gasteiger partial charge in [0, 0.05) is 28.2 Å². The number of phenolic OH excluding ortho intramolecular Hbond substituents is 1. The van der Waals surface area contributed by atoms with Crippen LogP contribution in [0.2, 0.25) is 0 Å². The Bertz CT molecular complexity index is 1050. The molecule has 3 aromatic carbocycles. The SMILES string of the molecule is CCOc1cccc(C2CC(c3ccc(Br)cc3)=NC(c3ccc(C)cc3)N2)c1O. The van der Waals surface area contributed by atoms with Gasteiger partial charge in [-0.25, -0.2) is 0 Å². The number of nitrogens with one attached hydrogen (secondary N) is 1. The molecule has 2 N–H and O–H groups in total. The highest BCUT2D eigenvalue weighted by atomic mass is 79.9. The van der Waals surface area contributed by atoms with Crippen molar-refractivity contribution in [3.8, 4) is 11.5 Å². The third kappa shape index (κ3) is 4.42. The Morgan fingerprint density at radius 2 is 1.80 bits per heavy atom. The van der Waals surface area contributed by atoms with Crippen LogP contribution < -0.4 is 10.1 Å². The maximum Gasteiger partial charge on any atom is 0.162 e. The van der Waals surface area contributed by atoms with E-state index in [1.54, 1.807) is 6.07 Å². The lowest BCUT2D eigenvalue weighted by molar-refractivity contribution is 0.313. The molecule has 0 amide bonds. The van der Waals surface area contributed by atoms with Gasteiger partial charge in [-0.3, -0.25) is 10.3 Å². The molecule has 0 spiro atoms. The van der Waals surface area contributed by atoms with E-state index < -0.39 is 0 Å². The fourth-order valence-electron chi connectivity index (χ4n) is 3.74. The minimum absolute atomic E-state index is 0.0899. The number of benzene rings is 3. The molecule has 0 radical (unpaired) electrons. The lowest BCUT2D eigenvalue weighted by atomic mass is 9.93. The normalized spacial score (nSPS) is 18.7. The molecular formula is C25H25BrN2O2. The second-order valence-electron chi connectivity index (χ2n) is 7.45. The zero-order valence-corrected chi connectivity index (χ0v) is 18.7. The van der Waals surface area contributed by atoms with E-state index in [1.807, 2.05) is 31.2 Å². The van der Waals surface area contributed by atoms with Crippen molar-refractivity contribution in [1.29, 1.82) is 0 Å². The monoisotopic (exact) mass is 464 g/mol. The first kappa shape index (κ1) is 20.6. The number of aromatic hydroxyl groups is 1. The van der Waals surface area contributed by atoms with Gasteiger partial charge in [-0.2, -0.15) is 0 Å². The minimum Gasteiger partial charge on any atom is -0.504 e. The molecule has 3 aromatic rings. The van der Waals surface area contributed by atoms with Gasteiger partial charge in [-0.05, 0) is 43.2 Å². The van der Waals surface area contributed by atoms with E-state index in [0.29, 0.717) is 18.8 Å². The molecule has 1 aliphatic rings. The molecule has 4 nitrogen and oxygen atoms in total. The zero-order valence-electron chi connectivity index (χ0n) is 17.1. The molecule has 5 heteroatoms. The van der Waals surface area contributed by atoms with E-state index in [9.17, 15) is 5.11 Å². The molecule has 1 aliphatic heterocycles. The fourth-order valence-corrected chi connectivity index (χ4v) is 4.00. The Morgan fingerprint density at radius 3 is 2.50 bits per heavy atom. The summed E-state index contributed by atoms with van der Waals surface area (Å²) in [5, 5.41) is 14.5. The van der Waals surface area contributed by atoms with Crippen LogP contribution in [-0.4, -0.2) is 17.4 Å². The van der Waals surface area contributed by atoms with Crippen LogP contribution in [0.4, 0.5) is 0 Å². The van der Waals surface area contributed by atoms with Crippen LogP contribution in [0.25, 0.3) is 0 Å². The van der Waals surface area contributed by atoms with Crippen LogP contribution in [0.3, 0.4) is 0 Å². The Labute approximate surface area is 185 Å². The van der Waals surface area contributed by atoms with Crippen molar-refractivity contribution in [2.24, 2.45) is 4.99 Å². The standard InChI is InChI=1S/C25H25BrN2O2/c1-3-30-23-6-4-5-20(24(23)29)22-15-21(17-11-13-19(26)14-12-17)27-25(28-22)18-9-7-16(2)8-10-18/h4-14,22,25,28-29H,3,15H2,1-2H3. The minimum atomic E-state index is -0.196. The number of para-hydroxylation sites is 1. The molecule has 2 unspecified atom stereocenters. The Hall–Kier alpha value is -2.63. The van der Waals surface area contributed by atoms with Crippen molar-refractivity contribution >= 4 is 21.6 Å². The van der Waals surface area contributed by atoms with Gasteiger partial charge in [-0.1, -0.05) is 70.0 Å². The molecule has 4 rings (SSSR count). The lowest BCUT2D eigenvalue weighted by Gasteiger charge is -2.31. The molecule has 1 heterocycles. The summed E-state index contributed by atoms with van der Waals surface area (Å²) < 4.78 is 6.64. The van der Waals surface area contributed by atoms with Gasteiger partial charge in [0.2, 0.25) is 0 Å². The van der Waals surface area contributed by atoms with Crippen LogP contribution in [-0.2, 0) is 0 Å². The first-order valence-electron chi connectivity index (χ1n) is 10.1. The molecule has 0 bridgehead atoms. The van der Waals surface area contributed by atoms with E-state index in [1.165, 1.54) is 5.56 Å². The third-order valence-corrected chi connectivity index (χ3v) is 5.85. The van der Waals surface area contributed by atoms with Crippen LogP contribution >= 0.6 is 15.9 Å². The smallest absolute Gasteiger partial charge is 0.162 e. The average molecular weight is 465 g/mol. The summed E-state index contributed by atoms with van der Waals surface area (Å²) in [5.74, 6) is 0.702. The highest BCUT2D eigenvalue weighted by Gasteiger charge is 2.28. The maximum atomic E-state index is 10.8. The summed E-state index contributed by atoms with van der Waals surface area (Å²) in [6, 6.07) is 22.2. The highest BCUT2D eigenvalue weighted by Crippen LogP contribution is 2.39. The summed E-state index contributed by atoms with van der Waals surface area (Å²) >= 11 is 3.51. The van der Waals surface area contributed by atoms with Crippen molar-refractivity contribution < 1.29 is 9.84 Å². The van der Waals surface area contributed by atoms with Gasteiger partial charge in [0.15, 0.2) is 11.5 Å². The van der Waals surface area contributed by atoms with Gasteiger partial charge in [0.05, 0.1) is 6.61 Å². The predicted octanol–water partition coefficient (Wildman–Crippen LogP) is 6.08. The van der Waals surface area contributed by atoms with Gasteiger partial charge in [-0.15, -0.1) is 0 Å². The second-order valence-corrected chi connectivity index (χ2v) is 8.36. The number of rotatable bonds is 5. The average Bonchev–Trinajstić information content (AvgIpc) is 2.76. The predicted molar refractivity (Wildman–Crippen MR) is 124 cm³/mol. The summed E-state index contributed by atoms with van der Waals surface area (Å²) in [7, 11) is 0. The Balaban J connectivity index is 1.74. The van der Waals surface area contributed by atoms with E-state index in [0.717, 1.165) is 26.9 Å². The number of aliphatic imine (C=N–C) groups is 1. The number of hydrogen-bond donors (Lipinski definition) is 2. The Kier molecular flexibility index (Phi) is 6.21. The fraction of sp³-hybridized carbons (Fsp3) is 0.240. The lowest BCUT2D eigenvalue weighted by Crippen LogP contribution is -2.33. The van der Waals surface area contributed by atoms with E-state index in [2.05, 4.69) is 64.6 Å². The number of ether oxygens (including phenoxy) is 1. The topological polar surface area (TPSA) is 53.8 Å². The summed E-state index contributed by atoms with van der Waals surface area (Å²) in [6.07, 6.45) is 0.478. The highest BCUT2D eigenvalue weighted by molar-refractivity contribution is 9.10. The van der Waals surface area contributed by atoms with E-state index >= 15 is 0 Å². The van der Waals surface area contributed by atoms with Crippen LogP contribution in [0.1, 0.15) is 47.8 Å². The third-order valence-electron chi connectivity index (χ3n) is 5.32. The molecule has 0 fully saturated rings. The number of hydrogen-bond acceptors (Lipinski definition) is 4. The molecule has 154 valence electrons. The van der Waals surface area contributed by atoms with Crippen molar-refractivity contribution in [3.05, 3.63) is 93.5 Å². The molecule has 0 aromatic heterocycles. The van der Waals surface area contributed by atoms with Crippen molar-refractivity contribution in [1.82, 2.24) is 5.32 Å². The van der Waals surface area contributed by atoms with Crippen molar-refractivity contribution in [3.63, 3.8) is 0 Å². The summed E-state index contributed by atoms with van der Waals surface area (Å²) in [6.45, 7) is 4.50. The number of phenols is 1. The number of nitrogens with zero attached hydrogens (tertiary/aromatic N) is 1. The maximum absolute atomic E-state index is 10.8. The van der Waals surface area contributed by atoms with Crippen LogP contribution in [0.5, 0.6) is 11.5 Å². The van der Waals surface area contributed by atoms with E-state index in [4.69, 9.17) is 9.73 Å². The van der Waals surface area contributed by atoms with Crippen molar-refractivity contribution in [2.75, 3.05) is 6.61 Å². The Morgan fingerprint density at radius 1 is 1.07 bits per heavy atom. The molecule has 2 atom stereocenters. The molecule has 0 saturated heterocycles. The molecular weight excluding hydrogens is 440 g/mol.